The molecule has 0 aliphatic carbocycles. The van der Waals surface area contributed by atoms with Crippen molar-refractivity contribution in [2.45, 2.75) is 13.1 Å². The molecule has 1 aromatic carbocycles. The lowest BCUT2D eigenvalue weighted by molar-refractivity contribution is 0.0854. The van der Waals surface area contributed by atoms with Crippen LogP contribution in [0.2, 0.25) is 0 Å². The molecule has 86 valence electrons. The second kappa shape index (κ2) is 4.07. The Hall–Kier alpha value is -1.06. The number of hydrogen-bond donors (Lipinski definition) is 1. The lowest BCUT2D eigenvalue weighted by Crippen LogP contribution is -2.46. The number of fused-ring (bicyclic) bond motifs is 1. The fourth-order valence-corrected chi connectivity index (χ4v) is 2.58. The number of nitrogens with zero attached hydrogens (tertiary/aromatic N) is 1. The van der Waals surface area contributed by atoms with Gasteiger partial charge in [-0.3, -0.25) is 0 Å². The highest BCUT2D eigenvalue weighted by Gasteiger charge is 2.24. The van der Waals surface area contributed by atoms with E-state index in [4.69, 9.17) is 4.74 Å². The van der Waals surface area contributed by atoms with E-state index in [1.807, 2.05) is 0 Å². The van der Waals surface area contributed by atoms with Gasteiger partial charge in [0.15, 0.2) is 0 Å². The molecule has 3 rings (SSSR count). The predicted octanol–water partition coefficient (Wildman–Crippen LogP) is 1.23. The fourth-order valence-electron chi connectivity index (χ4n) is 2.58. The zero-order chi connectivity index (χ0) is 11.0. The highest BCUT2D eigenvalue weighted by molar-refractivity contribution is 5.42. The van der Waals surface area contributed by atoms with Gasteiger partial charge in [0.2, 0.25) is 0 Å². The first-order valence-electron chi connectivity index (χ1n) is 5.96. The number of hydrogen-bond acceptors (Lipinski definition) is 3. The molecule has 3 heteroatoms. The van der Waals surface area contributed by atoms with Gasteiger partial charge in [-0.2, -0.15) is 0 Å². The molecule has 1 saturated heterocycles. The lowest BCUT2D eigenvalue weighted by atomic mass is 10.0. The van der Waals surface area contributed by atoms with Crippen molar-refractivity contribution < 1.29 is 4.74 Å². The van der Waals surface area contributed by atoms with Crippen LogP contribution < -0.4 is 10.1 Å². The van der Waals surface area contributed by atoms with E-state index in [0.29, 0.717) is 0 Å². The van der Waals surface area contributed by atoms with Crippen LogP contribution in [0.15, 0.2) is 18.2 Å². The van der Waals surface area contributed by atoms with E-state index in [0.717, 1.165) is 31.4 Å². The van der Waals surface area contributed by atoms with Crippen LogP contribution in [0, 0.1) is 5.92 Å². The van der Waals surface area contributed by atoms with E-state index >= 15 is 0 Å². The van der Waals surface area contributed by atoms with Crippen molar-refractivity contribution in [3.05, 3.63) is 29.3 Å². The molecule has 0 saturated carbocycles. The second-order valence-electron chi connectivity index (χ2n) is 4.90. The standard InChI is InChI=1S/C13H18N2O/c1-15-7-10(8-15)9-16-13-4-2-3-11-5-14-6-12(11)13/h2-4,10,14H,5-9H2,1H3. The van der Waals surface area contributed by atoms with Gasteiger partial charge in [0, 0.05) is 37.7 Å². The summed E-state index contributed by atoms with van der Waals surface area (Å²) >= 11 is 0. The Labute approximate surface area is 96.4 Å². The average molecular weight is 218 g/mol. The van der Waals surface area contributed by atoms with Crippen LogP contribution in [0.4, 0.5) is 0 Å². The molecule has 0 atom stereocenters. The molecule has 0 radical (unpaired) electrons. The first-order valence-corrected chi connectivity index (χ1v) is 5.96. The third kappa shape index (κ3) is 1.81. The van der Waals surface area contributed by atoms with E-state index < -0.39 is 0 Å². The molecule has 16 heavy (non-hydrogen) atoms. The molecule has 3 nitrogen and oxygen atoms in total. The van der Waals surface area contributed by atoms with Crippen LogP contribution in [0.25, 0.3) is 0 Å². The van der Waals surface area contributed by atoms with E-state index in [1.54, 1.807) is 0 Å². The summed E-state index contributed by atoms with van der Waals surface area (Å²) in [5, 5.41) is 3.36. The Morgan fingerprint density at radius 3 is 3.06 bits per heavy atom. The Balaban J connectivity index is 1.64. The Morgan fingerprint density at radius 2 is 2.25 bits per heavy atom. The predicted molar refractivity (Wildman–Crippen MR) is 63.5 cm³/mol. The average Bonchev–Trinajstić information content (AvgIpc) is 2.71. The maximum atomic E-state index is 5.93. The molecule has 0 amide bonds. The highest BCUT2D eigenvalue weighted by Crippen LogP contribution is 2.27. The molecule has 2 aliphatic rings. The number of likely N-dealkylation sites (tertiary alicyclic amines) is 1. The van der Waals surface area contributed by atoms with Crippen molar-refractivity contribution in [2.75, 3.05) is 26.7 Å². The van der Waals surface area contributed by atoms with Gasteiger partial charge in [-0.25, -0.2) is 0 Å². The first-order chi connectivity index (χ1) is 7.83. The molecule has 0 aromatic heterocycles. The van der Waals surface area contributed by atoms with Crippen molar-refractivity contribution in [3.63, 3.8) is 0 Å². The summed E-state index contributed by atoms with van der Waals surface area (Å²) in [4.78, 5) is 2.32. The zero-order valence-corrected chi connectivity index (χ0v) is 9.70. The minimum atomic E-state index is 0.718. The summed E-state index contributed by atoms with van der Waals surface area (Å²) in [7, 11) is 2.15. The molecule has 0 unspecified atom stereocenters. The lowest BCUT2D eigenvalue weighted by Gasteiger charge is -2.35. The Morgan fingerprint density at radius 1 is 1.38 bits per heavy atom. The molecular weight excluding hydrogens is 200 g/mol. The maximum Gasteiger partial charge on any atom is 0.124 e. The SMILES string of the molecule is CN1CC(COc2cccc3c2CNC3)C1. The summed E-state index contributed by atoms with van der Waals surface area (Å²) < 4.78 is 5.93. The zero-order valence-electron chi connectivity index (χ0n) is 9.70. The minimum absolute atomic E-state index is 0.718. The van der Waals surface area contributed by atoms with Crippen LogP contribution in [0.5, 0.6) is 5.75 Å². The van der Waals surface area contributed by atoms with Gasteiger partial charge < -0.3 is 15.0 Å². The highest BCUT2D eigenvalue weighted by atomic mass is 16.5. The van der Waals surface area contributed by atoms with Gasteiger partial charge in [-0.1, -0.05) is 12.1 Å². The second-order valence-corrected chi connectivity index (χ2v) is 4.90. The number of nitrogens with one attached hydrogen (secondary N) is 1. The van der Waals surface area contributed by atoms with Gasteiger partial charge in [0.25, 0.3) is 0 Å². The number of rotatable bonds is 3. The van der Waals surface area contributed by atoms with Gasteiger partial charge >= 0.3 is 0 Å². The Kier molecular flexibility index (Phi) is 2.58. The smallest absolute Gasteiger partial charge is 0.124 e. The third-order valence-electron chi connectivity index (χ3n) is 3.46. The molecule has 0 bridgehead atoms. The molecule has 1 fully saturated rings. The molecule has 2 heterocycles. The van der Waals surface area contributed by atoms with Crippen LogP contribution in [0.3, 0.4) is 0 Å². The van der Waals surface area contributed by atoms with Crippen LogP contribution in [-0.2, 0) is 13.1 Å². The van der Waals surface area contributed by atoms with Crippen molar-refractivity contribution in [1.29, 1.82) is 0 Å². The van der Waals surface area contributed by atoms with Crippen molar-refractivity contribution in [1.82, 2.24) is 10.2 Å². The quantitative estimate of drug-likeness (QED) is 0.826. The normalized spacial score (nSPS) is 20.6. The summed E-state index contributed by atoms with van der Waals surface area (Å²) in [5.74, 6) is 1.80. The summed E-state index contributed by atoms with van der Waals surface area (Å²) in [6, 6.07) is 6.36. The van der Waals surface area contributed by atoms with E-state index in [2.05, 4.69) is 35.5 Å². The van der Waals surface area contributed by atoms with Crippen molar-refractivity contribution in [2.24, 2.45) is 5.92 Å². The topological polar surface area (TPSA) is 24.5 Å². The molecule has 2 aliphatic heterocycles. The first kappa shape index (κ1) is 10.1. The summed E-state index contributed by atoms with van der Waals surface area (Å²) in [6.45, 7) is 5.15. The fraction of sp³-hybridized carbons (Fsp3) is 0.538. The van der Waals surface area contributed by atoms with E-state index in [9.17, 15) is 0 Å². The monoisotopic (exact) mass is 218 g/mol. The van der Waals surface area contributed by atoms with Crippen LogP contribution >= 0.6 is 0 Å². The van der Waals surface area contributed by atoms with E-state index in [-0.39, 0.29) is 0 Å². The molecule has 1 aromatic rings. The van der Waals surface area contributed by atoms with E-state index in [1.165, 1.54) is 24.2 Å². The van der Waals surface area contributed by atoms with Gasteiger partial charge in [0.1, 0.15) is 5.75 Å². The summed E-state index contributed by atoms with van der Waals surface area (Å²) in [5.41, 5.74) is 2.75. The van der Waals surface area contributed by atoms with Gasteiger partial charge in [0.05, 0.1) is 6.61 Å². The molecular formula is C13H18N2O. The Bertz CT molecular complexity index is 386. The summed E-state index contributed by atoms with van der Waals surface area (Å²) in [6.07, 6.45) is 0. The molecule has 1 N–H and O–H groups in total. The maximum absolute atomic E-state index is 5.93. The minimum Gasteiger partial charge on any atom is -0.493 e. The largest absolute Gasteiger partial charge is 0.493 e. The van der Waals surface area contributed by atoms with Gasteiger partial charge in [-0.05, 0) is 18.7 Å². The van der Waals surface area contributed by atoms with Crippen LogP contribution in [0.1, 0.15) is 11.1 Å². The number of ether oxygens (including phenoxy) is 1. The van der Waals surface area contributed by atoms with Crippen molar-refractivity contribution >= 4 is 0 Å². The van der Waals surface area contributed by atoms with Crippen LogP contribution in [-0.4, -0.2) is 31.6 Å². The molecule has 0 spiro atoms. The van der Waals surface area contributed by atoms with Crippen molar-refractivity contribution in [3.8, 4) is 5.75 Å². The van der Waals surface area contributed by atoms with Gasteiger partial charge in [-0.15, -0.1) is 0 Å². The number of benzene rings is 1. The third-order valence-corrected chi connectivity index (χ3v) is 3.46.